The lowest BCUT2D eigenvalue weighted by Gasteiger charge is -2.21. The van der Waals surface area contributed by atoms with Crippen molar-refractivity contribution in [2.45, 2.75) is 27.2 Å². The molecule has 0 amide bonds. The molecule has 1 heterocycles. The first kappa shape index (κ1) is 12.4. The molecule has 5 heteroatoms. The van der Waals surface area contributed by atoms with Gasteiger partial charge < -0.3 is 10.6 Å². The second-order valence-corrected chi connectivity index (χ2v) is 5.38. The first-order valence-electron chi connectivity index (χ1n) is 5.07. The third-order valence-electron chi connectivity index (χ3n) is 2.38. The molecule has 4 nitrogen and oxygen atoms in total. The van der Waals surface area contributed by atoms with Crippen LogP contribution in [0.1, 0.15) is 27.2 Å². The van der Waals surface area contributed by atoms with Gasteiger partial charge in [-0.3, -0.25) is 0 Å². The molecule has 86 valence electrons. The summed E-state index contributed by atoms with van der Waals surface area (Å²) in [7, 11) is 0. The van der Waals surface area contributed by atoms with Crippen LogP contribution < -0.4 is 5.73 Å². The lowest BCUT2D eigenvalue weighted by atomic mass is 9.98. The third-order valence-corrected chi connectivity index (χ3v) is 2.71. The molecule has 0 bridgehead atoms. The molecule has 0 saturated carbocycles. The minimum Gasteiger partial charge on any atom is -0.393 e. The highest BCUT2D eigenvalue weighted by molar-refractivity contribution is 7.80. The average molecular weight is 230 g/mol. The van der Waals surface area contributed by atoms with Crippen molar-refractivity contribution >= 4 is 23.2 Å². The maximum Gasteiger partial charge on any atom is 0.330 e. The van der Waals surface area contributed by atoms with E-state index >= 15 is 0 Å². The van der Waals surface area contributed by atoms with Gasteiger partial charge in [-0.25, -0.2) is 4.79 Å². The topological polar surface area (TPSA) is 55.6 Å². The van der Waals surface area contributed by atoms with Gasteiger partial charge in [-0.15, -0.1) is 5.06 Å². The first-order valence-corrected chi connectivity index (χ1v) is 5.48. The smallest absolute Gasteiger partial charge is 0.330 e. The van der Waals surface area contributed by atoms with E-state index in [1.54, 1.807) is 5.06 Å². The zero-order chi connectivity index (χ0) is 11.6. The molecule has 1 atom stereocenters. The van der Waals surface area contributed by atoms with Crippen molar-refractivity contribution in [3.63, 3.8) is 0 Å². The number of carbonyl (C=O) groups is 1. The van der Waals surface area contributed by atoms with Crippen molar-refractivity contribution in [3.05, 3.63) is 0 Å². The highest BCUT2D eigenvalue weighted by Crippen LogP contribution is 2.21. The van der Waals surface area contributed by atoms with Crippen LogP contribution in [0.25, 0.3) is 0 Å². The molecule has 1 saturated heterocycles. The lowest BCUT2D eigenvalue weighted by Crippen LogP contribution is -2.33. The molecule has 1 aliphatic heterocycles. The van der Waals surface area contributed by atoms with E-state index in [2.05, 4.69) is 0 Å². The van der Waals surface area contributed by atoms with Gasteiger partial charge in [0.1, 0.15) is 0 Å². The largest absolute Gasteiger partial charge is 0.393 e. The van der Waals surface area contributed by atoms with Crippen molar-refractivity contribution in [2.75, 3.05) is 13.1 Å². The fraction of sp³-hybridized carbons (Fsp3) is 0.800. The number of hydrogen-bond acceptors (Lipinski definition) is 4. The molecule has 0 radical (unpaired) electrons. The van der Waals surface area contributed by atoms with Gasteiger partial charge in [0.05, 0.1) is 10.4 Å². The highest BCUT2D eigenvalue weighted by atomic mass is 32.1. The van der Waals surface area contributed by atoms with Gasteiger partial charge in [0.25, 0.3) is 0 Å². The third kappa shape index (κ3) is 3.43. The van der Waals surface area contributed by atoms with Crippen molar-refractivity contribution in [2.24, 2.45) is 17.1 Å². The van der Waals surface area contributed by atoms with E-state index in [1.165, 1.54) is 0 Å². The van der Waals surface area contributed by atoms with Crippen LogP contribution in [0.3, 0.4) is 0 Å². The van der Waals surface area contributed by atoms with E-state index in [0.717, 1.165) is 6.42 Å². The monoisotopic (exact) mass is 230 g/mol. The number of nitrogens with two attached hydrogens (primary N) is 1. The van der Waals surface area contributed by atoms with Gasteiger partial charge in [0.15, 0.2) is 0 Å². The van der Waals surface area contributed by atoms with Crippen molar-refractivity contribution < 1.29 is 9.63 Å². The van der Waals surface area contributed by atoms with Crippen LogP contribution in [-0.2, 0) is 9.63 Å². The second-order valence-electron chi connectivity index (χ2n) is 4.90. The first-order chi connectivity index (χ1) is 6.80. The standard InChI is InChI=1S/C10H18N2O2S/c1-10(2,3)9(13)14-12-5-4-7(6-12)8(11)15/h7H,4-6H2,1-3H3,(H2,11,15). The van der Waals surface area contributed by atoms with Crippen LogP contribution in [0.2, 0.25) is 0 Å². The number of nitrogens with zero attached hydrogens (tertiary/aromatic N) is 1. The Kier molecular flexibility index (Phi) is 3.67. The Morgan fingerprint density at radius 3 is 2.53 bits per heavy atom. The quantitative estimate of drug-likeness (QED) is 0.720. The van der Waals surface area contributed by atoms with Crippen LogP contribution in [0.5, 0.6) is 0 Å². The minimum atomic E-state index is -0.471. The van der Waals surface area contributed by atoms with Crippen LogP contribution in [-0.4, -0.2) is 29.1 Å². The van der Waals surface area contributed by atoms with Gasteiger partial charge in [-0.1, -0.05) is 12.2 Å². The molecule has 1 rings (SSSR count). The SMILES string of the molecule is CC(C)(C)C(=O)ON1CCC(C(N)=S)C1. The highest BCUT2D eigenvalue weighted by Gasteiger charge is 2.31. The van der Waals surface area contributed by atoms with E-state index in [0.29, 0.717) is 18.1 Å². The maximum atomic E-state index is 11.6. The van der Waals surface area contributed by atoms with Crippen molar-refractivity contribution in [1.82, 2.24) is 5.06 Å². The van der Waals surface area contributed by atoms with Crippen molar-refractivity contribution in [3.8, 4) is 0 Å². The normalized spacial score (nSPS) is 22.7. The van der Waals surface area contributed by atoms with E-state index < -0.39 is 5.41 Å². The van der Waals surface area contributed by atoms with Gasteiger partial charge in [-0.2, -0.15) is 0 Å². The van der Waals surface area contributed by atoms with Crippen LogP contribution >= 0.6 is 12.2 Å². The second kappa shape index (κ2) is 4.45. The zero-order valence-corrected chi connectivity index (χ0v) is 10.3. The zero-order valence-electron chi connectivity index (χ0n) is 9.45. The Labute approximate surface area is 95.7 Å². The molecule has 2 N–H and O–H groups in total. The molecule has 0 spiro atoms. The molecule has 0 aromatic rings. The molecular weight excluding hydrogens is 212 g/mol. The number of thiocarbonyl (C=S) groups is 1. The molecule has 15 heavy (non-hydrogen) atoms. The maximum absolute atomic E-state index is 11.6. The number of hydroxylamine groups is 2. The fourth-order valence-electron chi connectivity index (χ4n) is 1.30. The Morgan fingerprint density at radius 2 is 2.13 bits per heavy atom. The Hall–Kier alpha value is -0.680. The lowest BCUT2D eigenvalue weighted by molar-refractivity contribution is -0.195. The van der Waals surface area contributed by atoms with Gasteiger partial charge in [0.2, 0.25) is 0 Å². The summed E-state index contributed by atoms with van der Waals surface area (Å²) in [5.41, 5.74) is 5.07. The molecule has 1 unspecified atom stereocenters. The van der Waals surface area contributed by atoms with Gasteiger partial charge in [0, 0.05) is 19.0 Å². The summed E-state index contributed by atoms with van der Waals surface area (Å²) in [6.07, 6.45) is 0.868. The molecule has 1 fully saturated rings. The van der Waals surface area contributed by atoms with Crippen LogP contribution in [0.15, 0.2) is 0 Å². The Morgan fingerprint density at radius 1 is 1.53 bits per heavy atom. The Balaban J connectivity index is 2.43. The number of rotatable bonds is 2. The van der Waals surface area contributed by atoms with E-state index in [9.17, 15) is 4.79 Å². The summed E-state index contributed by atoms with van der Waals surface area (Å²) in [5, 5.41) is 1.65. The average Bonchev–Trinajstić information content (AvgIpc) is 2.50. The predicted molar refractivity (Wildman–Crippen MR) is 62.0 cm³/mol. The Bertz CT molecular complexity index is 273. The summed E-state index contributed by atoms with van der Waals surface area (Å²) < 4.78 is 0. The van der Waals surface area contributed by atoms with Crippen molar-refractivity contribution in [1.29, 1.82) is 0 Å². The molecule has 0 aliphatic carbocycles. The molecular formula is C10H18N2O2S. The molecule has 0 aromatic heterocycles. The number of hydrogen-bond donors (Lipinski definition) is 1. The minimum absolute atomic E-state index is 0.174. The van der Waals surface area contributed by atoms with E-state index in [4.69, 9.17) is 22.8 Å². The van der Waals surface area contributed by atoms with E-state index in [1.807, 2.05) is 20.8 Å². The van der Waals surface area contributed by atoms with Gasteiger partial charge >= 0.3 is 5.97 Å². The molecule has 1 aliphatic rings. The summed E-state index contributed by atoms with van der Waals surface area (Å²) in [4.78, 5) is 17.3. The number of carbonyl (C=O) groups excluding carboxylic acids is 1. The predicted octanol–water partition coefficient (Wildman–Crippen LogP) is 1.10. The van der Waals surface area contributed by atoms with E-state index in [-0.39, 0.29) is 11.9 Å². The summed E-state index contributed by atoms with van der Waals surface area (Å²) in [5.74, 6) is -0.0427. The summed E-state index contributed by atoms with van der Waals surface area (Å²) in [6, 6.07) is 0. The summed E-state index contributed by atoms with van der Waals surface area (Å²) >= 11 is 4.91. The van der Waals surface area contributed by atoms with Crippen LogP contribution in [0, 0.1) is 11.3 Å². The molecule has 0 aromatic carbocycles. The van der Waals surface area contributed by atoms with Crippen LogP contribution in [0.4, 0.5) is 0 Å². The summed E-state index contributed by atoms with van der Waals surface area (Å²) in [6.45, 7) is 6.82. The fourth-order valence-corrected chi connectivity index (χ4v) is 1.49. The van der Waals surface area contributed by atoms with Gasteiger partial charge in [-0.05, 0) is 27.2 Å².